The molecule has 1 aliphatic rings. The van der Waals surface area contributed by atoms with Crippen molar-refractivity contribution in [1.82, 2.24) is 4.98 Å². The molecule has 3 aromatic rings. The topological polar surface area (TPSA) is 82.6 Å². The summed E-state index contributed by atoms with van der Waals surface area (Å²) >= 11 is 1.15. The first-order valence-corrected chi connectivity index (χ1v) is 10.2. The standard InChI is InChI=1S/C22H17FN4O3S/c1-14(28)27(18-8-4-2-6-16(18)23)22-24-15(13-31-22)10-11-21(30)26-12-20(29)25-17-7-3-5-9-19(17)26/h2-11,13H,12H2,1H3,(H,25,29). The number of nitrogens with zero attached hydrogens (tertiary/aromatic N) is 3. The number of benzene rings is 2. The van der Waals surface area contributed by atoms with Gasteiger partial charge < -0.3 is 5.32 Å². The first-order valence-electron chi connectivity index (χ1n) is 9.33. The van der Waals surface area contributed by atoms with Crippen molar-refractivity contribution in [1.29, 1.82) is 0 Å². The number of para-hydroxylation sites is 3. The maximum Gasteiger partial charge on any atom is 0.251 e. The molecule has 1 N–H and O–H groups in total. The second-order valence-corrected chi connectivity index (χ2v) is 7.52. The van der Waals surface area contributed by atoms with Gasteiger partial charge in [-0.2, -0.15) is 0 Å². The van der Waals surface area contributed by atoms with Gasteiger partial charge in [0.1, 0.15) is 12.4 Å². The first-order chi connectivity index (χ1) is 14.9. The Morgan fingerprint density at radius 1 is 1.19 bits per heavy atom. The highest BCUT2D eigenvalue weighted by atomic mass is 32.1. The highest BCUT2D eigenvalue weighted by Gasteiger charge is 2.25. The lowest BCUT2D eigenvalue weighted by Crippen LogP contribution is -2.41. The highest BCUT2D eigenvalue weighted by molar-refractivity contribution is 7.14. The molecule has 0 atom stereocenters. The van der Waals surface area contributed by atoms with E-state index in [0.29, 0.717) is 17.1 Å². The van der Waals surface area contributed by atoms with Gasteiger partial charge in [0, 0.05) is 18.4 Å². The Kier molecular flexibility index (Phi) is 5.59. The number of fused-ring (bicyclic) bond motifs is 1. The largest absolute Gasteiger partial charge is 0.323 e. The van der Waals surface area contributed by atoms with Crippen molar-refractivity contribution < 1.29 is 18.8 Å². The fourth-order valence-electron chi connectivity index (χ4n) is 3.17. The van der Waals surface area contributed by atoms with Crippen molar-refractivity contribution in [2.24, 2.45) is 0 Å². The zero-order valence-electron chi connectivity index (χ0n) is 16.4. The summed E-state index contributed by atoms with van der Waals surface area (Å²) in [6.07, 6.45) is 2.81. The maximum absolute atomic E-state index is 14.2. The number of anilines is 4. The van der Waals surface area contributed by atoms with Gasteiger partial charge >= 0.3 is 0 Å². The van der Waals surface area contributed by atoms with Gasteiger partial charge in [-0.25, -0.2) is 9.37 Å². The van der Waals surface area contributed by atoms with Gasteiger partial charge in [-0.15, -0.1) is 11.3 Å². The number of nitrogens with one attached hydrogen (secondary N) is 1. The van der Waals surface area contributed by atoms with Gasteiger partial charge in [0.05, 0.1) is 22.8 Å². The molecular weight excluding hydrogens is 419 g/mol. The number of aromatic nitrogens is 1. The summed E-state index contributed by atoms with van der Waals surface area (Å²) in [7, 11) is 0. The quantitative estimate of drug-likeness (QED) is 0.628. The average Bonchev–Trinajstić information content (AvgIpc) is 3.21. The van der Waals surface area contributed by atoms with Gasteiger partial charge in [-0.3, -0.25) is 24.2 Å². The number of hydrogen-bond acceptors (Lipinski definition) is 5. The van der Waals surface area contributed by atoms with Gasteiger partial charge in [-0.05, 0) is 30.3 Å². The van der Waals surface area contributed by atoms with Crippen LogP contribution in [0, 0.1) is 5.82 Å². The van der Waals surface area contributed by atoms with Crippen molar-refractivity contribution in [2.45, 2.75) is 6.92 Å². The molecule has 0 unspecified atom stereocenters. The van der Waals surface area contributed by atoms with Crippen LogP contribution in [-0.4, -0.2) is 29.3 Å². The fourth-order valence-corrected chi connectivity index (χ4v) is 4.02. The van der Waals surface area contributed by atoms with Crippen LogP contribution >= 0.6 is 11.3 Å². The van der Waals surface area contributed by atoms with E-state index >= 15 is 0 Å². The van der Waals surface area contributed by atoms with E-state index in [-0.39, 0.29) is 35.1 Å². The van der Waals surface area contributed by atoms with Crippen LogP contribution in [0.25, 0.3) is 6.08 Å². The lowest BCUT2D eigenvalue weighted by molar-refractivity contribution is -0.119. The minimum Gasteiger partial charge on any atom is -0.323 e. The minimum absolute atomic E-state index is 0.0894. The van der Waals surface area contributed by atoms with Crippen LogP contribution in [0.3, 0.4) is 0 Å². The van der Waals surface area contributed by atoms with Crippen LogP contribution in [0.4, 0.5) is 26.6 Å². The number of thiazole rings is 1. The zero-order valence-corrected chi connectivity index (χ0v) is 17.2. The fraction of sp³-hybridized carbons (Fsp3) is 0.0909. The van der Waals surface area contributed by atoms with Crippen LogP contribution in [0.5, 0.6) is 0 Å². The van der Waals surface area contributed by atoms with Crippen molar-refractivity contribution >= 4 is 57.3 Å². The molecule has 2 heterocycles. The third-order valence-electron chi connectivity index (χ3n) is 4.54. The summed E-state index contributed by atoms with van der Waals surface area (Å²) in [6.45, 7) is 1.24. The molecule has 0 radical (unpaired) electrons. The predicted molar refractivity (Wildman–Crippen MR) is 118 cm³/mol. The number of amides is 3. The van der Waals surface area contributed by atoms with E-state index < -0.39 is 5.82 Å². The molecule has 3 amide bonds. The van der Waals surface area contributed by atoms with Gasteiger partial charge in [0.15, 0.2) is 5.13 Å². The Labute approximate surface area is 181 Å². The molecule has 0 aliphatic carbocycles. The number of rotatable bonds is 4. The van der Waals surface area contributed by atoms with Gasteiger partial charge in [-0.1, -0.05) is 24.3 Å². The van der Waals surface area contributed by atoms with Crippen LogP contribution in [0.1, 0.15) is 12.6 Å². The third kappa shape index (κ3) is 4.22. The lowest BCUT2D eigenvalue weighted by atomic mass is 10.2. The van der Waals surface area contributed by atoms with E-state index in [4.69, 9.17) is 0 Å². The molecular formula is C22H17FN4O3S. The van der Waals surface area contributed by atoms with E-state index in [0.717, 1.165) is 11.3 Å². The molecule has 0 saturated carbocycles. The molecule has 2 aromatic carbocycles. The van der Waals surface area contributed by atoms with Crippen molar-refractivity contribution in [2.75, 3.05) is 21.7 Å². The Bertz CT molecular complexity index is 1210. The summed E-state index contributed by atoms with van der Waals surface area (Å²) in [5, 5.41) is 4.67. The van der Waals surface area contributed by atoms with Crippen LogP contribution in [0.2, 0.25) is 0 Å². The molecule has 31 heavy (non-hydrogen) atoms. The Balaban J connectivity index is 1.56. The maximum atomic E-state index is 14.2. The summed E-state index contributed by atoms with van der Waals surface area (Å²) in [4.78, 5) is 43.7. The molecule has 156 valence electrons. The van der Waals surface area contributed by atoms with Gasteiger partial charge in [0.2, 0.25) is 11.8 Å². The molecule has 0 saturated heterocycles. The van der Waals surface area contributed by atoms with E-state index in [2.05, 4.69) is 10.3 Å². The Morgan fingerprint density at radius 2 is 1.94 bits per heavy atom. The summed E-state index contributed by atoms with van der Waals surface area (Å²) in [6, 6.07) is 13.0. The summed E-state index contributed by atoms with van der Waals surface area (Å²) in [5.41, 5.74) is 1.72. The van der Waals surface area contributed by atoms with Crippen molar-refractivity contribution in [3.63, 3.8) is 0 Å². The van der Waals surface area contributed by atoms with Crippen LogP contribution < -0.4 is 15.1 Å². The SMILES string of the molecule is CC(=O)N(c1nc(C=CC(=O)N2CC(=O)Nc3ccccc32)cs1)c1ccccc1F. The average molecular weight is 436 g/mol. The normalized spacial score (nSPS) is 13.1. The van der Waals surface area contributed by atoms with E-state index in [9.17, 15) is 18.8 Å². The van der Waals surface area contributed by atoms with Crippen LogP contribution in [0.15, 0.2) is 60.0 Å². The third-order valence-corrected chi connectivity index (χ3v) is 5.39. The number of carbonyl (C=O) groups excluding carboxylic acids is 3. The smallest absolute Gasteiger partial charge is 0.251 e. The Hall–Kier alpha value is -3.85. The summed E-state index contributed by atoms with van der Waals surface area (Å²) in [5.74, 6) is -1.59. The van der Waals surface area contributed by atoms with Crippen molar-refractivity contribution in [3.8, 4) is 0 Å². The molecule has 1 aliphatic heterocycles. The molecule has 7 nitrogen and oxygen atoms in total. The number of hydrogen-bond donors (Lipinski definition) is 1. The molecule has 0 bridgehead atoms. The second kappa shape index (κ2) is 8.49. The first kappa shape index (κ1) is 20.4. The molecule has 4 rings (SSSR count). The zero-order chi connectivity index (χ0) is 22.0. The molecule has 1 aromatic heterocycles. The van der Waals surface area contributed by atoms with E-state index in [1.807, 2.05) is 0 Å². The lowest BCUT2D eigenvalue weighted by Gasteiger charge is -2.28. The molecule has 0 fully saturated rings. The van der Waals surface area contributed by atoms with E-state index in [1.165, 1.54) is 47.1 Å². The highest BCUT2D eigenvalue weighted by Crippen LogP contribution is 2.32. The van der Waals surface area contributed by atoms with Gasteiger partial charge in [0.25, 0.3) is 5.91 Å². The second-order valence-electron chi connectivity index (χ2n) is 6.68. The Morgan fingerprint density at radius 3 is 2.71 bits per heavy atom. The predicted octanol–water partition coefficient (Wildman–Crippen LogP) is 3.97. The van der Waals surface area contributed by atoms with E-state index in [1.54, 1.807) is 35.7 Å². The molecule has 9 heteroatoms. The van der Waals surface area contributed by atoms with Crippen molar-refractivity contribution in [3.05, 3.63) is 71.5 Å². The minimum atomic E-state index is -0.540. The monoisotopic (exact) mass is 436 g/mol. The number of halogens is 1. The molecule has 0 spiro atoms. The summed E-state index contributed by atoms with van der Waals surface area (Å²) < 4.78 is 14.2. The van der Waals surface area contributed by atoms with Crippen LogP contribution in [-0.2, 0) is 14.4 Å². The number of carbonyl (C=O) groups is 3.